The Morgan fingerprint density at radius 2 is 1.71 bits per heavy atom. The average Bonchev–Trinajstić information content (AvgIpc) is 3.91. The molecule has 2 heterocycles. The maximum Gasteiger partial charge on any atom is 0.410 e. The number of benzene rings is 2. The van der Waals surface area contributed by atoms with Gasteiger partial charge in [-0.25, -0.2) is 13.2 Å². The molecule has 4 aliphatic rings. The molecule has 0 unspecified atom stereocenters. The van der Waals surface area contributed by atoms with Gasteiger partial charge in [0, 0.05) is 18.0 Å². The maximum atomic E-state index is 13.3. The fourth-order valence-corrected chi connectivity index (χ4v) is 9.84. The number of rotatable bonds is 16. The van der Waals surface area contributed by atoms with E-state index < -0.39 is 50.4 Å². The second-order valence-electron chi connectivity index (χ2n) is 15.4. The number of likely N-dealkylation sites (tertiary alicyclic amines) is 1. The Morgan fingerprint density at radius 1 is 1.00 bits per heavy atom. The summed E-state index contributed by atoms with van der Waals surface area (Å²) in [6, 6.07) is 13.3. The molecule has 6 rings (SSSR count). The first kappa shape index (κ1) is 38.1. The van der Waals surface area contributed by atoms with Crippen LogP contribution < -0.4 is 16.2 Å². The molecule has 12 nitrogen and oxygen atoms in total. The Labute approximate surface area is 311 Å². The van der Waals surface area contributed by atoms with Gasteiger partial charge in [0.2, 0.25) is 27.7 Å². The lowest BCUT2D eigenvalue weighted by molar-refractivity contribution is -0.138. The Hall–Kier alpha value is -3.68. The number of carbonyl (C=O) groups is 4. The Balaban J connectivity index is 0.867. The minimum atomic E-state index is -3.78. The molecule has 2 aliphatic heterocycles. The summed E-state index contributed by atoms with van der Waals surface area (Å²) in [5, 5.41) is 0.591. The molecule has 1 saturated heterocycles. The van der Waals surface area contributed by atoms with Crippen molar-refractivity contribution < 1.29 is 32.3 Å². The van der Waals surface area contributed by atoms with Gasteiger partial charge in [-0.2, -0.15) is 0 Å². The van der Waals surface area contributed by atoms with Crippen LogP contribution in [0.25, 0.3) is 0 Å². The summed E-state index contributed by atoms with van der Waals surface area (Å²) in [7, 11) is -3.78. The highest BCUT2D eigenvalue weighted by molar-refractivity contribution is 7.91. The molecule has 2 aromatic rings. The fourth-order valence-electron chi connectivity index (χ4n) is 7.89. The molecular formula is C38H50ClN5O7S. The number of hydrogen-bond donors (Lipinski definition) is 3. The van der Waals surface area contributed by atoms with Gasteiger partial charge >= 0.3 is 6.09 Å². The molecule has 4 amide bonds. The van der Waals surface area contributed by atoms with Crippen molar-refractivity contribution in [2.45, 2.75) is 120 Å². The van der Waals surface area contributed by atoms with Gasteiger partial charge in [-0.1, -0.05) is 93.1 Å². The lowest BCUT2D eigenvalue weighted by Gasteiger charge is -2.25. The predicted octanol–water partition coefficient (Wildman–Crippen LogP) is 4.55. The number of sulfonamides is 1. The first-order valence-electron chi connectivity index (χ1n) is 18.4. The van der Waals surface area contributed by atoms with E-state index in [1.54, 1.807) is 6.07 Å². The van der Waals surface area contributed by atoms with Gasteiger partial charge in [-0.05, 0) is 67.2 Å². The number of carbonyl (C=O) groups excluding carboxylic acids is 4. The second-order valence-corrected chi connectivity index (χ2v) is 17.9. The van der Waals surface area contributed by atoms with Crippen LogP contribution in [-0.2, 0) is 48.7 Å². The van der Waals surface area contributed by atoms with Gasteiger partial charge in [0.25, 0.3) is 0 Å². The number of hydrogen-bond acceptors (Lipinski definition) is 8. The van der Waals surface area contributed by atoms with Crippen LogP contribution >= 0.6 is 11.6 Å². The van der Waals surface area contributed by atoms with Crippen LogP contribution in [0.3, 0.4) is 0 Å². The zero-order valence-corrected chi connectivity index (χ0v) is 31.3. The van der Waals surface area contributed by atoms with Gasteiger partial charge in [-0.15, -0.1) is 0 Å². The number of ether oxygens (including phenoxy) is 1. The first-order chi connectivity index (χ1) is 24.7. The number of fused-ring (bicyclic) bond motifs is 1. The predicted molar refractivity (Wildman–Crippen MR) is 196 cm³/mol. The highest BCUT2D eigenvalue weighted by atomic mass is 35.5. The Kier molecular flexibility index (Phi) is 11.2. The number of halogens is 1. The third-order valence-electron chi connectivity index (χ3n) is 11.6. The van der Waals surface area contributed by atoms with Crippen molar-refractivity contribution in [1.82, 2.24) is 14.5 Å². The molecule has 14 heteroatoms. The molecule has 0 aromatic heterocycles. The minimum absolute atomic E-state index is 0.0476. The molecule has 2 saturated carbocycles. The molecule has 282 valence electrons. The molecule has 0 bridgehead atoms. The third kappa shape index (κ3) is 8.26. The van der Waals surface area contributed by atoms with E-state index in [-0.39, 0.29) is 30.7 Å². The van der Waals surface area contributed by atoms with Crippen molar-refractivity contribution in [2.75, 3.05) is 6.54 Å². The molecular weight excluding hydrogens is 706 g/mol. The smallest absolute Gasteiger partial charge is 0.410 e. The fraction of sp³-hybridized carbons (Fsp3) is 0.579. The molecule has 0 radical (unpaired) electrons. The summed E-state index contributed by atoms with van der Waals surface area (Å²) in [5.74, 6) is -1.28. The number of nitrogens with two attached hydrogens (primary N) is 2. The van der Waals surface area contributed by atoms with Crippen LogP contribution in [0.1, 0.15) is 94.2 Å². The molecule has 2 aliphatic carbocycles. The van der Waals surface area contributed by atoms with Gasteiger partial charge in [0.05, 0.1) is 29.3 Å². The van der Waals surface area contributed by atoms with Gasteiger partial charge in [-0.3, -0.25) is 24.0 Å². The summed E-state index contributed by atoms with van der Waals surface area (Å²) >= 11 is 6.28. The van der Waals surface area contributed by atoms with Crippen LogP contribution in [0.15, 0.2) is 48.5 Å². The minimum Gasteiger partial charge on any atom is -0.444 e. The molecule has 2 aromatic carbocycles. The highest BCUT2D eigenvalue weighted by Crippen LogP contribution is 2.56. The quantitative estimate of drug-likeness (QED) is 0.209. The first-order valence-corrected chi connectivity index (χ1v) is 20.3. The Morgan fingerprint density at radius 3 is 2.40 bits per heavy atom. The lowest BCUT2D eigenvalue weighted by atomic mass is 10.0. The lowest BCUT2D eigenvalue weighted by Crippen LogP contribution is -2.50. The van der Waals surface area contributed by atoms with Crippen molar-refractivity contribution >= 4 is 45.4 Å². The van der Waals surface area contributed by atoms with E-state index in [9.17, 15) is 27.6 Å². The normalized spacial score (nSPS) is 24.9. The van der Waals surface area contributed by atoms with Crippen LogP contribution in [-0.4, -0.2) is 71.5 Å². The molecule has 5 N–H and O–H groups in total. The van der Waals surface area contributed by atoms with E-state index in [4.69, 9.17) is 27.8 Å². The Bertz CT molecular complexity index is 1790. The monoisotopic (exact) mass is 755 g/mol. The highest BCUT2D eigenvalue weighted by Gasteiger charge is 2.60. The largest absolute Gasteiger partial charge is 0.444 e. The van der Waals surface area contributed by atoms with Crippen LogP contribution in [0.2, 0.25) is 5.02 Å². The maximum absolute atomic E-state index is 13.3. The van der Waals surface area contributed by atoms with Crippen molar-refractivity contribution in [1.29, 1.82) is 0 Å². The second kappa shape index (κ2) is 15.4. The van der Waals surface area contributed by atoms with E-state index in [1.165, 1.54) is 9.80 Å². The number of unbranched alkanes of at least 4 members (excludes halogenated alkanes) is 4. The van der Waals surface area contributed by atoms with E-state index in [0.29, 0.717) is 50.2 Å². The standard InChI is InChI=1S/C38H50ClN5O7S/c1-37(35(47)42-52(49,50)38(17-18-38)20-25-11-6-5-7-12-25)21-27(37)14-8-3-2-4-9-16-31(40)34(46)44-23-28(19-32(44)33(41)45)51-36(48)43-22-26-13-10-15-30(39)29(26)24-43/h5-7,10-13,15,27-28,31-32H,2-4,8-9,14,16-24,40H2,1H3,(H2,41,45)(H,42,47)/t27-,28-,31+,32+,37+/m1/s1. The van der Waals surface area contributed by atoms with Crippen molar-refractivity contribution in [3.63, 3.8) is 0 Å². The number of nitrogens with zero attached hydrogens (tertiary/aromatic N) is 2. The molecule has 5 atom stereocenters. The number of nitrogens with one attached hydrogen (secondary N) is 1. The van der Waals surface area contributed by atoms with E-state index >= 15 is 0 Å². The van der Waals surface area contributed by atoms with Crippen molar-refractivity contribution in [3.8, 4) is 0 Å². The number of amides is 4. The third-order valence-corrected chi connectivity index (χ3v) is 14.1. The summed E-state index contributed by atoms with van der Waals surface area (Å²) < 4.78 is 33.7. The topological polar surface area (TPSA) is 182 Å². The SMILES string of the molecule is C[C@]1(C(=O)NS(=O)(=O)C2(Cc3ccccc3)CC2)C[C@H]1CCCCCCC[C@H](N)C(=O)N1C[C@H](OC(=O)N2Cc3cccc(Cl)c3C2)C[C@H]1C(N)=O. The summed E-state index contributed by atoms with van der Waals surface area (Å²) in [5.41, 5.74) is 14.0. The zero-order chi connectivity index (χ0) is 37.3. The zero-order valence-electron chi connectivity index (χ0n) is 29.7. The van der Waals surface area contributed by atoms with Crippen molar-refractivity contribution in [2.24, 2.45) is 22.8 Å². The van der Waals surface area contributed by atoms with E-state index in [1.807, 2.05) is 49.4 Å². The van der Waals surface area contributed by atoms with Gasteiger partial charge in [0.1, 0.15) is 12.1 Å². The molecule has 52 heavy (non-hydrogen) atoms. The van der Waals surface area contributed by atoms with Crippen molar-refractivity contribution in [3.05, 3.63) is 70.2 Å². The summed E-state index contributed by atoms with van der Waals surface area (Å²) in [6.45, 7) is 2.60. The van der Waals surface area contributed by atoms with Crippen LogP contribution in [0.4, 0.5) is 4.79 Å². The molecule has 0 spiro atoms. The van der Waals surface area contributed by atoms with E-state index in [2.05, 4.69) is 4.72 Å². The molecule has 3 fully saturated rings. The van der Waals surface area contributed by atoms with Crippen LogP contribution in [0.5, 0.6) is 0 Å². The summed E-state index contributed by atoms with van der Waals surface area (Å²) in [4.78, 5) is 54.5. The summed E-state index contributed by atoms with van der Waals surface area (Å²) in [6.07, 6.45) is 6.80. The van der Waals surface area contributed by atoms with E-state index in [0.717, 1.165) is 55.2 Å². The van der Waals surface area contributed by atoms with Crippen LogP contribution in [0, 0.1) is 11.3 Å². The average molecular weight is 756 g/mol. The number of primary amides is 1. The van der Waals surface area contributed by atoms with Gasteiger partial charge < -0.3 is 21.1 Å². The van der Waals surface area contributed by atoms with Gasteiger partial charge in [0.15, 0.2) is 0 Å².